The van der Waals surface area contributed by atoms with E-state index in [-0.39, 0.29) is 12.3 Å². The molecule has 1 aliphatic rings. The Kier molecular flexibility index (Phi) is 6.90. The molecule has 2 heterocycles. The van der Waals surface area contributed by atoms with Crippen LogP contribution in [0.3, 0.4) is 0 Å². The number of nitrogens with two attached hydrogens (primary N) is 1. The van der Waals surface area contributed by atoms with E-state index in [2.05, 4.69) is 15.5 Å². The first kappa shape index (κ1) is 24.9. The Balaban J connectivity index is 1.51. The van der Waals surface area contributed by atoms with Crippen LogP contribution in [-0.2, 0) is 21.2 Å². The highest BCUT2D eigenvalue weighted by Crippen LogP contribution is 2.33. The summed E-state index contributed by atoms with van der Waals surface area (Å²) in [5.74, 6) is 0.200. The van der Waals surface area contributed by atoms with Gasteiger partial charge in [-0.2, -0.15) is 4.31 Å². The minimum Gasteiger partial charge on any atom is -0.369 e. The van der Waals surface area contributed by atoms with Crippen LogP contribution in [-0.4, -0.2) is 41.9 Å². The average molecular weight is 516 g/mol. The van der Waals surface area contributed by atoms with Gasteiger partial charge in [-0.1, -0.05) is 55.0 Å². The predicted molar refractivity (Wildman–Crippen MR) is 145 cm³/mol. The summed E-state index contributed by atoms with van der Waals surface area (Å²) in [7, 11) is -3.59. The van der Waals surface area contributed by atoms with Crippen molar-refractivity contribution >= 4 is 38.2 Å². The van der Waals surface area contributed by atoms with Gasteiger partial charge in [0.1, 0.15) is 5.69 Å². The molecule has 0 aliphatic carbocycles. The average Bonchev–Trinajstić information content (AvgIpc) is 2.90. The standard InChI is InChI=1S/C28H29N5O3S/c1-19-9-12-21(18-25(19)37(35,36)33-15-5-2-6-16-33)27-23-7-3-4-8-24(23)28(32-31-27)30-22-13-10-20(11-14-22)17-26(29)34/h3-4,7-14,18H,2,5-6,15-17H2,1H3,(H2,29,34)(H,30,32). The number of sulfonamides is 1. The summed E-state index contributed by atoms with van der Waals surface area (Å²) in [6.07, 6.45) is 3.01. The molecule has 0 unspecified atom stereocenters. The molecule has 1 aromatic heterocycles. The molecule has 1 saturated heterocycles. The number of hydrogen-bond acceptors (Lipinski definition) is 6. The molecule has 0 atom stereocenters. The molecule has 190 valence electrons. The summed E-state index contributed by atoms with van der Waals surface area (Å²) in [5.41, 5.74) is 8.94. The smallest absolute Gasteiger partial charge is 0.243 e. The van der Waals surface area contributed by atoms with Crippen molar-refractivity contribution in [3.63, 3.8) is 0 Å². The third-order valence-corrected chi connectivity index (χ3v) is 8.72. The Morgan fingerprint density at radius 3 is 2.35 bits per heavy atom. The lowest BCUT2D eigenvalue weighted by molar-refractivity contribution is -0.117. The van der Waals surface area contributed by atoms with Gasteiger partial charge in [-0.3, -0.25) is 4.79 Å². The lowest BCUT2D eigenvalue weighted by Gasteiger charge is -2.26. The third-order valence-electron chi connectivity index (χ3n) is 6.68. The normalized spacial score (nSPS) is 14.5. The number of aromatic nitrogens is 2. The topological polar surface area (TPSA) is 118 Å². The molecule has 8 nitrogen and oxygen atoms in total. The monoisotopic (exact) mass is 515 g/mol. The van der Waals surface area contributed by atoms with Crippen molar-refractivity contribution in [2.24, 2.45) is 5.73 Å². The highest BCUT2D eigenvalue weighted by Gasteiger charge is 2.28. The zero-order valence-corrected chi connectivity index (χ0v) is 21.5. The van der Waals surface area contributed by atoms with Crippen LogP contribution in [0.1, 0.15) is 30.4 Å². The van der Waals surface area contributed by atoms with Crippen LogP contribution >= 0.6 is 0 Å². The second-order valence-corrected chi connectivity index (χ2v) is 11.3. The van der Waals surface area contributed by atoms with Gasteiger partial charge in [0.25, 0.3) is 0 Å². The number of hydrogen-bond donors (Lipinski definition) is 2. The molecule has 3 N–H and O–H groups in total. The van der Waals surface area contributed by atoms with E-state index in [4.69, 9.17) is 5.73 Å². The van der Waals surface area contributed by atoms with E-state index >= 15 is 0 Å². The van der Waals surface area contributed by atoms with Crippen molar-refractivity contribution in [2.75, 3.05) is 18.4 Å². The molecule has 37 heavy (non-hydrogen) atoms. The van der Waals surface area contributed by atoms with E-state index < -0.39 is 10.0 Å². The molecule has 0 saturated carbocycles. The molecule has 9 heteroatoms. The van der Waals surface area contributed by atoms with Gasteiger partial charge in [-0.05, 0) is 49.1 Å². The number of rotatable bonds is 7. The van der Waals surface area contributed by atoms with Gasteiger partial charge in [0.15, 0.2) is 5.82 Å². The number of anilines is 2. The van der Waals surface area contributed by atoms with Crippen molar-refractivity contribution < 1.29 is 13.2 Å². The number of carbonyl (C=O) groups is 1. The van der Waals surface area contributed by atoms with E-state index in [1.54, 1.807) is 10.4 Å². The SMILES string of the molecule is Cc1ccc(-c2nnc(Nc3ccc(CC(N)=O)cc3)c3ccccc23)cc1S(=O)(=O)N1CCCCC1. The van der Waals surface area contributed by atoms with Gasteiger partial charge in [-0.15, -0.1) is 10.2 Å². The van der Waals surface area contributed by atoms with Crippen LogP contribution in [0.2, 0.25) is 0 Å². The lowest BCUT2D eigenvalue weighted by atomic mass is 10.0. The predicted octanol–water partition coefficient (Wildman–Crippen LogP) is 4.55. The van der Waals surface area contributed by atoms with Crippen molar-refractivity contribution in [3.8, 4) is 11.3 Å². The van der Waals surface area contributed by atoms with Gasteiger partial charge in [-0.25, -0.2) is 8.42 Å². The molecule has 0 bridgehead atoms. The third kappa shape index (κ3) is 5.19. The maximum absolute atomic E-state index is 13.4. The highest BCUT2D eigenvalue weighted by molar-refractivity contribution is 7.89. The van der Waals surface area contributed by atoms with Crippen LogP contribution in [0, 0.1) is 6.92 Å². The van der Waals surface area contributed by atoms with Crippen LogP contribution in [0.25, 0.3) is 22.0 Å². The number of carbonyl (C=O) groups excluding carboxylic acids is 1. The summed E-state index contributed by atoms with van der Waals surface area (Å²) in [4.78, 5) is 11.5. The van der Waals surface area contributed by atoms with Gasteiger partial charge >= 0.3 is 0 Å². The van der Waals surface area contributed by atoms with Crippen LogP contribution in [0.5, 0.6) is 0 Å². The highest BCUT2D eigenvalue weighted by atomic mass is 32.2. The number of piperidine rings is 1. The molecule has 0 radical (unpaired) electrons. The number of primary amides is 1. The fourth-order valence-corrected chi connectivity index (χ4v) is 6.49. The minimum absolute atomic E-state index is 0.184. The Morgan fingerprint density at radius 1 is 0.946 bits per heavy atom. The van der Waals surface area contributed by atoms with Gasteiger partial charge < -0.3 is 11.1 Å². The molecular weight excluding hydrogens is 486 g/mol. The Hall–Kier alpha value is -3.82. The maximum Gasteiger partial charge on any atom is 0.243 e. The quantitative estimate of drug-likeness (QED) is 0.373. The summed E-state index contributed by atoms with van der Waals surface area (Å²) in [5, 5.41) is 14.0. The summed E-state index contributed by atoms with van der Waals surface area (Å²) in [6.45, 7) is 2.93. The number of aryl methyl sites for hydroxylation is 1. The summed E-state index contributed by atoms with van der Waals surface area (Å²) >= 11 is 0. The molecule has 5 rings (SSSR count). The van der Waals surface area contributed by atoms with Gasteiger partial charge in [0.2, 0.25) is 15.9 Å². The first-order valence-corrected chi connectivity index (χ1v) is 13.8. The van der Waals surface area contributed by atoms with Crippen molar-refractivity contribution in [3.05, 3.63) is 77.9 Å². The largest absolute Gasteiger partial charge is 0.369 e. The number of benzene rings is 3. The van der Waals surface area contributed by atoms with Crippen molar-refractivity contribution in [2.45, 2.75) is 37.5 Å². The minimum atomic E-state index is -3.59. The molecule has 4 aromatic rings. The summed E-state index contributed by atoms with van der Waals surface area (Å²) in [6, 6.07) is 20.6. The zero-order chi connectivity index (χ0) is 26.0. The zero-order valence-electron chi connectivity index (χ0n) is 20.6. The fraction of sp³-hybridized carbons (Fsp3) is 0.250. The maximum atomic E-state index is 13.4. The van der Waals surface area contributed by atoms with Crippen LogP contribution in [0.15, 0.2) is 71.6 Å². The van der Waals surface area contributed by atoms with Crippen LogP contribution in [0.4, 0.5) is 11.5 Å². The number of nitrogens with zero attached hydrogens (tertiary/aromatic N) is 3. The molecule has 1 aliphatic heterocycles. The lowest BCUT2D eigenvalue weighted by Crippen LogP contribution is -2.35. The van der Waals surface area contributed by atoms with E-state index in [1.807, 2.05) is 67.6 Å². The van der Waals surface area contributed by atoms with E-state index in [0.29, 0.717) is 40.6 Å². The first-order valence-electron chi connectivity index (χ1n) is 12.3. The van der Waals surface area contributed by atoms with Crippen molar-refractivity contribution in [1.82, 2.24) is 14.5 Å². The summed E-state index contributed by atoms with van der Waals surface area (Å²) < 4.78 is 28.5. The molecule has 3 aromatic carbocycles. The number of fused-ring (bicyclic) bond motifs is 1. The second kappa shape index (κ2) is 10.3. The van der Waals surface area contributed by atoms with E-state index in [9.17, 15) is 13.2 Å². The molecule has 1 amide bonds. The number of nitrogens with one attached hydrogen (secondary N) is 1. The van der Waals surface area contributed by atoms with E-state index in [1.165, 1.54) is 0 Å². The van der Waals surface area contributed by atoms with E-state index in [0.717, 1.165) is 41.3 Å². The molecular formula is C28H29N5O3S. The van der Waals surface area contributed by atoms with Crippen molar-refractivity contribution in [1.29, 1.82) is 0 Å². The first-order chi connectivity index (χ1) is 17.8. The fourth-order valence-electron chi connectivity index (χ4n) is 4.72. The molecule has 0 spiro atoms. The molecule has 1 fully saturated rings. The Bertz CT molecular complexity index is 1560. The van der Waals surface area contributed by atoms with Gasteiger partial charge in [0.05, 0.1) is 11.3 Å². The van der Waals surface area contributed by atoms with Gasteiger partial charge in [0, 0.05) is 35.1 Å². The van der Waals surface area contributed by atoms with Crippen LogP contribution < -0.4 is 11.1 Å². The number of amides is 1. The Morgan fingerprint density at radius 2 is 1.65 bits per heavy atom. The Labute approximate surface area is 216 Å². The second-order valence-electron chi connectivity index (χ2n) is 9.35.